The van der Waals surface area contributed by atoms with E-state index in [0.717, 1.165) is 19.5 Å². The minimum atomic E-state index is -0.324. The number of hydrogen-bond donors (Lipinski definition) is 2. The first kappa shape index (κ1) is 16.5. The summed E-state index contributed by atoms with van der Waals surface area (Å²) < 4.78 is 0. The highest BCUT2D eigenvalue weighted by Gasteiger charge is 2.24. The van der Waals surface area contributed by atoms with Gasteiger partial charge < -0.3 is 15.3 Å². The van der Waals surface area contributed by atoms with Crippen molar-refractivity contribution < 1.29 is 5.11 Å². The van der Waals surface area contributed by atoms with E-state index in [-0.39, 0.29) is 12.1 Å². The molecule has 0 amide bonds. The Morgan fingerprint density at radius 3 is 2.33 bits per heavy atom. The first-order valence-electron chi connectivity index (χ1n) is 8.28. The minimum absolute atomic E-state index is 0.140. The van der Waals surface area contributed by atoms with Crippen LogP contribution in [0, 0.1) is 0 Å². The van der Waals surface area contributed by atoms with Crippen LogP contribution in [0.15, 0.2) is 30.3 Å². The van der Waals surface area contributed by atoms with E-state index in [2.05, 4.69) is 43.1 Å². The predicted octanol–water partition coefficient (Wildman–Crippen LogP) is 2.44. The van der Waals surface area contributed by atoms with E-state index in [1.54, 1.807) is 0 Å². The SMILES string of the molecule is CC(C)N1CCC(N[C@@H](C)[C@H](O)Cc2ccccc2)CC1. The van der Waals surface area contributed by atoms with Gasteiger partial charge in [-0.15, -0.1) is 0 Å². The molecule has 1 aliphatic heterocycles. The monoisotopic (exact) mass is 290 g/mol. The molecule has 2 atom stereocenters. The average Bonchev–Trinajstić information content (AvgIpc) is 2.48. The van der Waals surface area contributed by atoms with Gasteiger partial charge >= 0.3 is 0 Å². The molecule has 118 valence electrons. The highest BCUT2D eigenvalue weighted by Crippen LogP contribution is 2.14. The molecule has 0 aliphatic carbocycles. The molecule has 0 saturated carbocycles. The number of rotatable bonds is 6. The summed E-state index contributed by atoms with van der Waals surface area (Å²) in [7, 11) is 0. The third kappa shape index (κ3) is 5.10. The molecule has 0 radical (unpaired) electrons. The summed E-state index contributed by atoms with van der Waals surface area (Å²) in [6, 6.07) is 11.6. The molecule has 0 bridgehead atoms. The first-order chi connectivity index (χ1) is 10.1. The predicted molar refractivity (Wildman–Crippen MR) is 88.5 cm³/mol. The van der Waals surface area contributed by atoms with Gasteiger partial charge in [-0.25, -0.2) is 0 Å². The Kier molecular flexibility index (Phi) is 6.22. The van der Waals surface area contributed by atoms with E-state index in [1.165, 1.54) is 18.4 Å². The summed E-state index contributed by atoms with van der Waals surface area (Å²) in [6.07, 6.45) is 2.76. The molecule has 1 heterocycles. The Hall–Kier alpha value is -0.900. The summed E-state index contributed by atoms with van der Waals surface area (Å²) in [5.74, 6) is 0. The van der Waals surface area contributed by atoms with Crippen molar-refractivity contribution in [2.45, 2.75) is 64.3 Å². The molecule has 2 rings (SSSR count). The van der Waals surface area contributed by atoms with Crippen molar-refractivity contribution in [2.75, 3.05) is 13.1 Å². The number of nitrogens with zero attached hydrogens (tertiary/aromatic N) is 1. The zero-order chi connectivity index (χ0) is 15.2. The van der Waals surface area contributed by atoms with Crippen LogP contribution in [0.1, 0.15) is 39.2 Å². The lowest BCUT2D eigenvalue weighted by Gasteiger charge is -2.36. The number of benzene rings is 1. The Morgan fingerprint density at radius 1 is 1.14 bits per heavy atom. The maximum absolute atomic E-state index is 10.4. The maximum Gasteiger partial charge on any atom is 0.0730 e. The van der Waals surface area contributed by atoms with Crippen LogP contribution >= 0.6 is 0 Å². The lowest BCUT2D eigenvalue weighted by Crippen LogP contribution is -2.50. The fourth-order valence-electron chi connectivity index (χ4n) is 3.10. The van der Waals surface area contributed by atoms with E-state index in [0.29, 0.717) is 12.1 Å². The molecule has 21 heavy (non-hydrogen) atoms. The van der Waals surface area contributed by atoms with Crippen LogP contribution in [0.2, 0.25) is 0 Å². The number of hydrogen-bond acceptors (Lipinski definition) is 3. The zero-order valence-corrected chi connectivity index (χ0v) is 13.6. The van der Waals surface area contributed by atoms with Gasteiger partial charge in [-0.05, 0) is 58.7 Å². The van der Waals surface area contributed by atoms with E-state index < -0.39 is 0 Å². The average molecular weight is 290 g/mol. The van der Waals surface area contributed by atoms with Crippen molar-refractivity contribution in [2.24, 2.45) is 0 Å². The molecule has 2 N–H and O–H groups in total. The normalized spacial score (nSPS) is 20.6. The number of nitrogens with one attached hydrogen (secondary N) is 1. The number of likely N-dealkylation sites (tertiary alicyclic amines) is 1. The van der Waals surface area contributed by atoms with Gasteiger partial charge in [0.05, 0.1) is 6.10 Å². The number of aliphatic hydroxyl groups excluding tert-OH is 1. The van der Waals surface area contributed by atoms with Gasteiger partial charge in [0, 0.05) is 18.1 Å². The number of piperidine rings is 1. The van der Waals surface area contributed by atoms with Crippen molar-refractivity contribution in [3.63, 3.8) is 0 Å². The molecule has 1 aromatic rings. The van der Waals surface area contributed by atoms with Crippen LogP contribution in [-0.2, 0) is 6.42 Å². The fourth-order valence-corrected chi connectivity index (χ4v) is 3.10. The third-order valence-corrected chi connectivity index (χ3v) is 4.62. The standard InChI is InChI=1S/C18H30N2O/c1-14(2)20-11-9-17(10-12-20)19-15(3)18(21)13-16-7-5-4-6-8-16/h4-8,14-15,17-19,21H,9-13H2,1-3H3/t15-,18+/m0/s1. The molecule has 1 saturated heterocycles. The molecule has 1 aromatic carbocycles. The first-order valence-corrected chi connectivity index (χ1v) is 8.28. The summed E-state index contributed by atoms with van der Waals surface area (Å²) in [5.41, 5.74) is 1.20. The van der Waals surface area contributed by atoms with Crippen molar-refractivity contribution >= 4 is 0 Å². The van der Waals surface area contributed by atoms with Crippen molar-refractivity contribution in [1.82, 2.24) is 10.2 Å². The van der Waals surface area contributed by atoms with E-state index in [4.69, 9.17) is 0 Å². The Bertz CT molecular complexity index is 399. The molecular formula is C18H30N2O. The molecule has 0 unspecified atom stereocenters. The van der Waals surface area contributed by atoms with E-state index in [9.17, 15) is 5.11 Å². The van der Waals surface area contributed by atoms with E-state index >= 15 is 0 Å². The zero-order valence-electron chi connectivity index (χ0n) is 13.6. The number of aliphatic hydroxyl groups is 1. The summed E-state index contributed by atoms with van der Waals surface area (Å²) >= 11 is 0. The van der Waals surface area contributed by atoms with Crippen molar-refractivity contribution in [3.05, 3.63) is 35.9 Å². The highest BCUT2D eigenvalue weighted by molar-refractivity contribution is 5.15. The second kappa shape index (κ2) is 7.92. The van der Waals surface area contributed by atoms with Crippen LogP contribution in [0.5, 0.6) is 0 Å². The minimum Gasteiger partial charge on any atom is -0.391 e. The van der Waals surface area contributed by atoms with Gasteiger partial charge in [-0.3, -0.25) is 0 Å². The maximum atomic E-state index is 10.4. The van der Waals surface area contributed by atoms with Crippen molar-refractivity contribution in [3.8, 4) is 0 Å². The third-order valence-electron chi connectivity index (χ3n) is 4.62. The molecule has 1 fully saturated rings. The summed E-state index contributed by atoms with van der Waals surface area (Å²) in [5, 5.41) is 14.0. The fraction of sp³-hybridized carbons (Fsp3) is 0.667. The lowest BCUT2D eigenvalue weighted by molar-refractivity contribution is 0.108. The van der Waals surface area contributed by atoms with Gasteiger partial charge in [-0.1, -0.05) is 30.3 Å². The van der Waals surface area contributed by atoms with E-state index in [1.807, 2.05) is 18.2 Å². The van der Waals surface area contributed by atoms with Crippen molar-refractivity contribution in [1.29, 1.82) is 0 Å². The van der Waals surface area contributed by atoms with Crippen LogP contribution in [0.3, 0.4) is 0 Å². The summed E-state index contributed by atoms with van der Waals surface area (Å²) in [4.78, 5) is 2.53. The smallest absolute Gasteiger partial charge is 0.0730 e. The van der Waals surface area contributed by atoms with Crippen LogP contribution in [-0.4, -0.2) is 47.3 Å². The van der Waals surface area contributed by atoms with Crippen LogP contribution in [0.4, 0.5) is 0 Å². The highest BCUT2D eigenvalue weighted by atomic mass is 16.3. The van der Waals surface area contributed by atoms with Gasteiger partial charge in [0.15, 0.2) is 0 Å². The lowest BCUT2D eigenvalue weighted by atomic mass is 9.99. The molecule has 0 aromatic heterocycles. The molecule has 1 aliphatic rings. The topological polar surface area (TPSA) is 35.5 Å². The van der Waals surface area contributed by atoms with Gasteiger partial charge in [0.2, 0.25) is 0 Å². The van der Waals surface area contributed by atoms with Crippen LogP contribution < -0.4 is 5.32 Å². The second-order valence-electron chi connectivity index (χ2n) is 6.62. The van der Waals surface area contributed by atoms with Gasteiger partial charge in [0.25, 0.3) is 0 Å². The Labute approximate surface area is 129 Å². The van der Waals surface area contributed by atoms with Crippen LogP contribution in [0.25, 0.3) is 0 Å². The molecular weight excluding hydrogens is 260 g/mol. The summed E-state index contributed by atoms with van der Waals surface area (Å²) in [6.45, 7) is 8.95. The van der Waals surface area contributed by atoms with Gasteiger partial charge in [0.1, 0.15) is 0 Å². The second-order valence-corrected chi connectivity index (χ2v) is 6.62. The molecule has 3 heteroatoms. The molecule has 3 nitrogen and oxygen atoms in total. The largest absolute Gasteiger partial charge is 0.391 e. The quantitative estimate of drug-likeness (QED) is 0.845. The molecule has 0 spiro atoms. The Morgan fingerprint density at radius 2 is 1.76 bits per heavy atom. The Balaban J connectivity index is 1.75. The van der Waals surface area contributed by atoms with Gasteiger partial charge in [-0.2, -0.15) is 0 Å².